The molecule has 3 heterocycles. The molecule has 19 heavy (non-hydrogen) atoms. The fourth-order valence-corrected chi connectivity index (χ4v) is 2.35. The highest BCUT2D eigenvalue weighted by Gasteiger charge is 2.11. The van der Waals surface area contributed by atoms with Gasteiger partial charge in [0.05, 0.1) is 11.7 Å². The second kappa shape index (κ2) is 3.65. The number of rotatable bonds is 1. The van der Waals surface area contributed by atoms with Crippen LogP contribution in [-0.2, 0) is 0 Å². The minimum atomic E-state index is 0.753. The summed E-state index contributed by atoms with van der Waals surface area (Å²) in [5, 5.41) is 8.49. The van der Waals surface area contributed by atoms with E-state index < -0.39 is 0 Å². The van der Waals surface area contributed by atoms with Gasteiger partial charge < -0.3 is 4.98 Å². The highest BCUT2D eigenvalue weighted by molar-refractivity contribution is 5.77. The van der Waals surface area contributed by atoms with Crippen molar-refractivity contribution in [2.24, 2.45) is 0 Å². The van der Waals surface area contributed by atoms with Gasteiger partial charge >= 0.3 is 0 Å². The highest BCUT2D eigenvalue weighted by atomic mass is 15.3. The minimum Gasteiger partial charge on any atom is -0.345 e. The van der Waals surface area contributed by atoms with E-state index in [1.54, 1.807) is 6.20 Å². The number of aromatic amines is 1. The van der Waals surface area contributed by atoms with E-state index in [1.165, 1.54) is 5.56 Å². The molecule has 4 rings (SSSR count). The van der Waals surface area contributed by atoms with Crippen LogP contribution in [0.5, 0.6) is 0 Å². The van der Waals surface area contributed by atoms with E-state index >= 15 is 0 Å². The summed E-state index contributed by atoms with van der Waals surface area (Å²) in [7, 11) is 0. The Labute approximate surface area is 108 Å². The second-order valence-corrected chi connectivity index (χ2v) is 4.56. The number of H-pyrrole nitrogens is 1. The first-order valence-corrected chi connectivity index (χ1v) is 6.07. The maximum atomic E-state index is 4.32. The molecule has 0 aliphatic heterocycles. The SMILES string of the molecule is Cc1cccc(-c2nnc3cnc4[nH]ccc4n23)c1. The molecule has 0 radical (unpaired) electrons. The van der Waals surface area contributed by atoms with Crippen molar-refractivity contribution >= 4 is 16.8 Å². The number of aromatic nitrogens is 5. The van der Waals surface area contributed by atoms with Crippen LogP contribution in [0.4, 0.5) is 0 Å². The molecular formula is C14H11N5. The van der Waals surface area contributed by atoms with Gasteiger partial charge in [-0.05, 0) is 19.1 Å². The number of fused-ring (bicyclic) bond motifs is 3. The second-order valence-electron chi connectivity index (χ2n) is 4.56. The van der Waals surface area contributed by atoms with E-state index in [0.717, 1.165) is 28.2 Å². The first kappa shape index (κ1) is 10.3. The zero-order chi connectivity index (χ0) is 12.8. The predicted octanol–water partition coefficient (Wildman–Crippen LogP) is 2.58. The third kappa shape index (κ3) is 1.45. The fraction of sp³-hybridized carbons (Fsp3) is 0.0714. The van der Waals surface area contributed by atoms with Crippen LogP contribution in [0.2, 0.25) is 0 Å². The van der Waals surface area contributed by atoms with Gasteiger partial charge in [0.2, 0.25) is 0 Å². The van der Waals surface area contributed by atoms with E-state index in [1.807, 2.05) is 28.8 Å². The predicted molar refractivity (Wildman–Crippen MR) is 72.8 cm³/mol. The van der Waals surface area contributed by atoms with Gasteiger partial charge in [-0.25, -0.2) is 4.98 Å². The average Bonchev–Trinajstić information content (AvgIpc) is 3.04. The topological polar surface area (TPSA) is 58.9 Å². The van der Waals surface area contributed by atoms with E-state index in [9.17, 15) is 0 Å². The molecule has 0 saturated heterocycles. The highest BCUT2D eigenvalue weighted by Crippen LogP contribution is 2.22. The van der Waals surface area contributed by atoms with Gasteiger partial charge in [-0.2, -0.15) is 0 Å². The third-order valence-corrected chi connectivity index (χ3v) is 3.22. The van der Waals surface area contributed by atoms with Crippen LogP contribution < -0.4 is 0 Å². The van der Waals surface area contributed by atoms with Gasteiger partial charge in [-0.3, -0.25) is 4.40 Å². The molecule has 3 aromatic heterocycles. The molecule has 5 nitrogen and oxygen atoms in total. The van der Waals surface area contributed by atoms with Gasteiger partial charge in [0.15, 0.2) is 17.1 Å². The van der Waals surface area contributed by atoms with E-state index in [0.29, 0.717) is 0 Å². The Morgan fingerprint density at radius 1 is 1.16 bits per heavy atom. The lowest BCUT2D eigenvalue weighted by molar-refractivity contribution is 1.11. The van der Waals surface area contributed by atoms with Gasteiger partial charge in [-0.15, -0.1) is 10.2 Å². The van der Waals surface area contributed by atoms with Gasteiger partial charge in [0.1, 0.15) is 0 Å². The standard InChI is InChI=1S/C14H11N5/c1-9-3-2-4-10(7-9)14-18-17-12-8-16-13-11(19(12)14)5-6-15-13/h2-8,15H,1H3. The minimum absolute atomic E-state index is 0.753. The lowest BCUT2D eigenvalue weighted by Crippen LogP contribution is -1.92. The quantitative estimate of drug-likeness (QED) is 0.564. The van der Waals surface area contributed by atoms with Crippen molar-refractivity contribution in [2.75, 3.05) is 0 Å². The largest absolute Gasteiger partial charge is 0.345 e. The van der Waals surface area contributed by atoms with Crippen molar-refractivity contribution in [1.82, 2.24) is 24.6 Å². The van der Waals surface area contributed by atoms with Gasteiger partial charge in [-0.1, -0.05) is 23.8 Å². The van der Waals surface area contributed by atoms with E-state index in [-0.39, 0.29) is 0 Å². The van der Waals surface area contributed by atoms with Crippen LogP contribution in [0.15, 0.2) is 42.7 Å². The number of nitrogens with one attached hydrogen (secondary N) is 1. The Hall–Kier alpha value is -2.69. The molecule has 92 valence electrons. The maximum Gasteiger partial charge on any atom is 0.180 e. The summed E-state index contributed by atoms with van der Waals surface area (Å²) in [5.74, 6) is 0.839. The summed E-state index contributed by atoms with van der Waals surface area (Å²) < 4.78 is 2.02. The normalized spacial score (nSPS) is 11.4. The fourth-order valence-electron chi connectivity index (χ4n) is 2.35. The zero-order valence-electron chi connectivity index (χ0n) is 10.3. The van der Waals surface area contributed by atoms with Crippen molar-refractivity contribution in [3.8, 4) is 11.4 Å². The van der Waals surface area contributed by atoms with Crippen molar-refractivity contribution in [2.45, 2.75) is 6.92 Å². The number of hydrogen-bond acceptors (Lipinski definition) is 3. The molecule has 1 N–H and O–H groups in total. The first-order valence-electron chi connectivity index (χ1n) is 6.07. The number of benzene rings is 1. The number of aryl methyl sites for hydroxylation is 1. The molecule has 0 unspecified atom stereocenters. The summed E-state index contributed by atoms with van der Waals surface area (Å²) in [4.78, 5) is 7.42. The Morgan fingerprint density at radius 3 is 3.00 bits per heavy atom. The Bertz CT molecular complexity index is 887. The number of nitrogens with zero attached hydrogens (tertiary/aromatic N) is 4. The number of hydrogen-bond donors (Lipinski definition) is 1. The maximum absolute atomic E-state index is 4.32. The first-order chi connectivity index (χ1) is 9.33. The van der Waals surface area contributed by atoms with Gasteiger partial charge in [0, 0.05) is 11.8 Å². The van der Waals surface area contributed by atoms with Crippen LogP contribution in [0.3, 0.4) is 0 Å². The monoisotopic (exact) mass is 249 g/mol. The van der Waals surface area contributed by atoms with E-state index in [2.05, 4.69) is 39.2 Å². The molecule has 0 amide bonds. The molecule has 0 aliphatic rings. The lowest BCUT2D eigenvalue weighted by atomic mass is 10.1. The summed E-state index contributed by atoms with van der Waals surface area (Å²) >= 11 is 0. The van der Waals surface area contributed by atoms with Crippen LogP contribution in [0.1, 0.15) is 5.56 Å². The molecule has 1 aromatic carbocycles. The van der Waals surface area contributed by atoms with Gasteiger partial charge in [0.25, 0.3) is 0 Å². The molecule has 0 bridgehead atoms. The Balaban J connectivity index is 2.12. The average molecular weight is 249 g/mol. The van der Waals surface area contributed by atoms with Crippen LogP contribution in [0, 0.1) is 6.92 Å². The Morgan fingerprint density at radius 2 is 2.11 bits per heavy atom. The van der Waals surface area contributed by atoms with Crippen LogP contribution >= 0.6 is 0 Å². The molecular weight excluding hydrogens is 238 g/mol. The zero-order valence-corrected chi connectivity index (χ0v) is 10.3. The summed E-state index contributed by atoms with van der Waals surface area (Å²) in [5.41, 5.74) is 4.83. The summed E-state index contributed by atoms with van der Waals surface area (Å²) in [6, 6.07) is 10.2. The summed E-state index contributed by atoms with van der Waals surface area (Å²) in [6.45, 7) is 2.07. The van der Waals surface area contributed by atoms with Crippen molar-refractivity contribution in [3.05, 3.63) is 48.3 Å². The van der Waals surface area contributed by atoms with E-state index in [4.69, 9.17) is 0 Å². The van der Waals surface area contributed by atoms with Crippen LogP contribution in [0.25, 0.3) is 28.2 Å². The van der Waals surface area contributed by atoms with Crippen molar-refractivity contribution < 1.29 is 0 Å². The molecule has 0 aliphatic carbocycles. The molecule has 0 spiro atoms. The molecule has 0 fully saturated rings. The Kier molecular flexibility index (Phi) is 1.97. The third-order valence-electron chi connectivity index (χ3n) is 3.22. The summed E-state index contributed by atoms with van der Waals surface area (Å²) in [6.07, 6.45) is 3.60. The lowest BCUT2D eigenvalue weighted by Gasteiger charge is -2.02. The van der Waals surface area contributed by atoms with Crippen molar-refractivity contribution in [3.63, 3.8) is 0 Å². The molecule has 0 atom stereocenters. The van der Waals surface area contributed by atoms with Crippen molar-refractivity contribution in [1.29, 1.82) is 0 Å². The smallest absolute Gasteiger partial charge is 0.180 e. The molecule has 0 saturated carbocycles. The molecule has 5 heteroatoms. The molecule has 4 aromatic rings. The van der Waals surface area contributed by atoms with Crippen LogP contribution in [-0.4, -0.2) is 24.6 Å².